The van der Waals surface area contributed by atoms with Gasteiger partial charge in [0.15, 0.2) is 0 Å². The molecule has 0 fully saturated rings. The van der Waals surface area contributed by atoms with Gasteiger partial charge in [0.05, 0.1) is 0 Å². The monoisotopic (exact) mass is 374 g/mol. The number of ether oxygens (including phenoxy) is 1. The largest absolute Gasteiger partial charge is 0.489 e. The van der Waals surface area contributed by atoms with E-state index >= 15 is 0 Å². The molecule has 0 spiro atoms. The van der Waals surface area contributed by atoms with Crippen molar-refractivity contribution in [3.8, 4) is 5.75 Å². The molecule has 0 bridgehead atoms. The van der Waals surface area contributed by atoms with Gasteiger partial charge in [0.2, 0.25) is 0 Å². The van der Waals surface area contributed by atoms with Gasteiger partial charge in [-0.2, -0.15) is 0 Å². The molecule has 3 nitrogen and oxygen atoms in total. The molecule has 0 aliphatic carbocycles. The van der Waals surface area contributed by atoms with Crippen molar-refractivity contribution in [2.45, 2.75) is 26.9 Å². The van der Waals surface area contributed by atoms with Crippen LogP contribution in [0.25, 0.3) is 0 Å². The van der Waals surface area contributed by atoms with Crippen LogP contribution in [0.15, 0.2) is 72.8 Å². The quantitative estimate of drug-likeness (QED) is 0.483. The zero-order valence-electron chi connectivity index (χ0n) is 16.9. The first-order chi connectivity index (χ1) is 13.7. The second-order valence-electron chi connectivity index (χ2n) is 7.11. The molecule has 146 valence electrons. The highest BCUT2D eigenvalue weighted by molar-refractivity contribution is 5.56. The first-order valence-corrected chi connectivity index (χ1v) is 9.99. The Morgan fingerprint density at radius 1 is 0.679 bits per heavy atom. The number of aryl methyl sites for hydroxylation is 2. The Bertz CT molecular complexity index is 824. The zero-order valence-corrected chi connectivity index (χ0v) is 16.9. The summed E-state index contributed by atoms with van der Waals surface area (Å²) in [6.07, 6.45) is 1.02. The molecule has 3 rings (SSSR count). The van der Waals surface area contributed by atoms with Gasteiger partial charge in [-0.15, -0.1) is 0 Å². The van der Waals surface area contributed by atoms with E-state index in [4.69, 9.17) is 4.74 Å². The van der Waals surface area contributed by atoms with Gasteiger partial charge in [-0.3, -0.25) is 0 Å². The standard InChI is InChI=1S/C25H30N2O/c1-20-7-6-8-21(2)25(20)27-18-17-26-16-15-22-11-13-24(14-12-22)28-19-23-9-4-3-5-10-23/h3-14,26-27H,15-19H2,1-2H3. The molecule has 0 aliphatic heterocycles. The molecule has 0 aromatic heterocycles. The second-order valence-corrected chi connectivity index (χ2v) is 7.11. The van der Waals surface area contributed by atoms with Gasteiger partial charge in [-0.05, 0) is 61.2 Å². The summed E-state index contributed by atoms with van der Waals surface area (Å²) in [4.78, 5) is 0. The van der Waals surface area contributed by atoms with Crippen LogP contribution < -0.4 is 15.4 Å². The average molecular weight is 375 g/mol. The van der Waals surface area contributed by atoms with Crippen LogP contribution in [0, 0.1) is 13.8 Å². The Morgan fingerprint density at radius 2 is 1.39 bits per heavy atom. The molecular weight excluding hydrogens is 344 g/mol. The van der Waals surface area contributed by atoms with Crippen molar-refractivity contribution in [2.75, 3.05) is 25.0 Å². The van der Waals surface area contributed by atoms with Crippen LogP contribution in [-0.2, 0) is 13.0 Å². The zero-order chi connectivity index (χ0) is 19.6. The number of anilines is 1. The van der Waals surface area contributed by atoms with Crippen molar-refractivity contribution in [3.05, 3.63) is 95.1 Å². The first kappa shape index (κ1) is 20.0. The Hall–Kier alpha value is -2.78. The van der Waals surface area contributed by atoms with E-state index in [2.05, 4.69) is 79.1 Å². The topological polar surface area (TPSA) is 33.3 Å². The second kappa shape index (κ2) is 10.5. The molecule has 0 saturated heterocycles. The number of rotatable bonds is 10. The lowest BCUT2D eigenvalue weighted by Gasteiger charge is -2.13. The van der Waals surface area contributed by atoms with Crippen molar-refractivity contribution in [1.29, 1.82) is 0 Å². The summed E-state index contributed by atoms with van der Waals surface area (Å²) < 4.78 is 5.84. The van der Waals surface area contributed by atoms with E-state index in [-0.39, 0.29) is 0 Å². The van der Waals surface area contributed by atoms with Crippen molar-refractivity contribution < 1.29 is 4.74 Å². The van der Waals surface area contributed by atoms with E-state index in [1.54, 1.807) is 0 Å². The predicted octanol–water partition coefficient (Wildman–Crippen LogP) is 5.13. The Kier molecular flexibility index (Phi) is 7.51. The molecule has 3 aromatic carbocycles. The maximum atomic E-state index is 5.84. The average Bonchev–Trinajstić information content (AvgIpc) is 2.72. The van der Waals surface area contributed by atoms with Crippen molar-refractivity contribution in [1.82, 2.24) is 5.32 Å². The fourth-order valence-corrected chi connectivity index (χ4v) is 3.22. The van der Waals surface area contributed by atoms with Crippen LogP contribution in [0.2, 0.25) is 0 Å². The van der Waals surface area contributed by atoms with Gasteiger partial charge in [0, 0.05) is 18.8 Å². The van der Waals surface area contributed by atoms with Crippen molar-refractivity contribution >= 4 is 5.69 Å². The lowest BCUT2D eigenvalue weighted by Crippen LogP contribution is -2.24. The molecule has 0 aliphatic rings. The van der Waals surface area contributed by atoms with Crippen LogP contribution in [0.4, 0.5) is 5.69 Å². The highest BCUT2D eigenvalue weighted by Gasteiger charge is 2.01. The highest BCUT2D eigenvalue weighted by Crippen LogP contribution is 2.18. The summed E-state index contributed by atoms with van der Waals surface area (Å²) >= 11 is 0. The summed E-state index contributed by atoms with van der Waals surface area (Å²) in [5, 5.41) is 7.05. The van der Waals surface area contributed by atoms with Crippen LogP contribution >= 0.6 is 0 Å². The van der Waals surface area contributed by atoms with Gasteiger partial charge >= 0.3 is 0 Å². The third kappa shape index (κ3) is 6.14. The maximum Gasteiger partial charge on any atom is 0.119 e. The fraction of sp³-hybridized carbons (Fsp3) is 0.280. The van der Waals surface area contributed by atoms with E-state index in [1.807, 2.05) is 18.2 Å². The first-order valence-electron chi connectivity index (χ1n) is 9.99. The van der Waals surface area contributed by atoms with Crippen LogP contribution in [0.3, 0.4) is 0 Å². The van der Waals surface area contributed by atoms with Gasteiger partial charge in [-0.25, -0.2) is 0 Å². The molecule has 28 heavy (non-hydrogen) atoms. The molecule has 0 heterocycles. The normalized spacial score (nSPS) is 10.6. The molecular formula is C25H30N2O. The molecule has 0 atom stereocenters. The summed E-state index contributed by atoms with van der Waals surface area (Å²) in [6.45, 7) is 7.75. The third-order valence-corrected chi connectivity index (χ3v) is 4.85. The summed E-state index contributed by atoms with van der Waals surface area (Å²) in [5.41, 5.74) is 6.37. The minimum atomic E-state index is 0.606. The van der Waals surface area contributed by atoms with E-state index < -0.39 is 0 Å². The van der Waals surface area contributed by atoms with Crippen LogP contribution in [-0.4, -0.2) is 19.6 Å². The number of hydrogen-bond donors (Lipinski definition) is 2. The molecule has 2 N–H and O–H groups in total. The Labute approximate surface area is 168 Å². The number of benzene rings is 3. The predicted molar refractivity (Wildman–Crippen MR) is 118 cm³/mol. The summed E-state index contributed by atoms with van der Waals surface area (Å²) in [7, 11) is 0. The number of para-hydroxylation sites is 1. The number of nitrogens with one attached hydrogen (secondary N) is 2. The maximum absolute atomic E-state index is 5.84. The molecule has 0 radical (unpaired) electrons. The minimum Gasteiger partial charge on any atom is -0.489 e. The highest BCUT2D eigenvalue weighted by atomic mass is 16.5. The van der Waals surface area contributed by atoms with Crippen molar-refractivity contribution in [3.63, 3.8) is 0 Å². The van der Waals surface area contributed by atoms with E-state index in [9.17, 15) is 0 Å². The lowest BCUT2D eigenvalue weighted by molar-refractivity contribution is 0.306. The molecule has 0 unspecified atom stereocenters. The Balaban J connectivity index is 1.33. The lowest BCUT2D eigenvalue weighted by atomic mass is 10.1. The van der Waals surface area contributed by atoms with Gasteiger partial charge in [0.25, 0.3) is 0 Å². The molecule has 3 aromatic rings. The van der Waals surface area contributed by atoms with Crippen LogP contribution in [0.1, 0.15) is 22.3 Å². The molecule has 3 heteroatoms. The van der Waals surface area contributed by atoms with E-state index in [0.717, 1.165) is 31.8 Å². The summed E-state index contributed by atoms with van der Waals surface area (Å²) in [6, 6.07) is 25.1. The van der Waals surface area contributed by atoms with Crippen LogP contribution in [0.5, 0.6) is 5.75 Å². The smallest absolute Gasteiger partial charge is 0.119 e. The van der Waals surface area contributed by atoms with E-state index in [0.29, 0.717) is 6.61 Å². The molecule has 0 saturated carbocycles. The number of hydrogen-bond acceptors (Lipinski definition) is 3. The van der Waals surface area contributed by atoms with Gasteiger partial charge in [0.1, 0.15) is 12.4 Å². The fourth-order valence-electron chi connectivity index (χ4n) is 3.22. The van der Waals surface area contributed by atoms with Gasteiger partial charge in [-0.1, -0.05) is 60.7 Å². The minimum absolute atomic E-state index is 0.606. The third-order valence-electron chi connectivity index (χ3n) is 4.85. The Morgan fingerprint density at radius 3 is 2.11 bits per heavy atom. The summed E-state index contributed by atoms with van der Waals surface area (Å²) in [5.74, 6) is 0.915. The van der Waals surface area contributed by atoms with Gasteiger partial charge < -0.3 is 15.4 Å². The van der Waals surface area contributed by atoms with E-state index in [1.165, 1.54) is 27.9 Å². The van der Waals surface area contributed by atoms with Crippen molar-refractivity contribution in [2.24, 2.45) is 0 Å². The SMILES string of the molecule is Cc1cccc(C)c1NCCNCCc1ccc(OCc2ccccc2)cc1. The molecule has 0 amide bonds.